The van der Waals surface area contributed by atoms with Gasteiger partial charge < -0.3 is 5.32 Å². The van der Waals surface area contributed by atoms with Gasteiger partial charge in [0.05, 0.1) is 5.75 Å². The lowest BCUT2D eigenvalue weighted by molar-refractivity contribution is -0.113. The summed E-state index contributed by atoms with van der Waals surface area (Å²) in [5.74, 6) is 2.38. The normalized spacial score (nSPS) is 18.1. The van der Waals surface area contributed by atoms with Crippen molar-refractivity contribution >= 4 is 50.7 Å². The Morgan fingerprint density at radius 2 is 1.94 bits per heavy atom. The zero-order valence-corrected chi connectivity index (χ0v) is 19.4. The minimum absolute atomic E-state index is 0.0150. The summed E-state index contributed by atoms with van der Waals surface area (Å²) >= 11 is 3.34. The first-order valence-electron chi connectivity index (χ1n) is 10.8. The molecule has 0 bridgehead atoms. The first-order chi connectivity index (χ1) is 15.0. The maximum Gasteiger partial charge on any atom is 0.234 e. The number of nitrogens with one attached hydrogen (secondary N) is 1. The summed E-state index contributed by atoms with van der Waals surface area (Å²) in [4.78, 5) is 36.4. The van der Waals surface area contributed by atoms with Gasteiger partial charge in [-0.15, -0.1) is 11.3 Å². The average Bonchev–Trinajstić information content (AvgIpc) is 3.53. The number of carbonyl (C=O) groups is 2. The Labute approximate surface area is 190 Å². The van der Waals surface area contributed by atoms with E-state index in [0.29, 0.717) is 28.8 Å². The predicted molar refractivity (Wildman–Crippen MR) is 126 cm³/mol. The van der Waals surface area contributed by atoms with Crippen LogP contribution in [0.3, 0.4) is 0 Å². The van der Waals surface area contributed by atoms with Crippen molar-refractivity contribution in [3.8, 4) is 0 Å². The largest absolute Gasteiger partial charge is 0.325 e. The fourth-order valence-corrected chi connectivity index (χ4v) is 6.39. The van der Waals surface area contributed by atoms with Gasteiger partial charge in [-0.2, -0.15) is 0 Å². The van der Waals surface area contributed by atoms with Crippen LogP contribution in [0.4, 0.5) is 5.69 Å². The minimum Gasteiger partial charge on any atom is -0.325 e. The standard InChI is InChI=1S/C24H25N3O2S2/c1-13-3-10-18-19(11-13)31-24-21(18)23(26-22(27-24)16-4-5-16)30-12-20(29)25-17-8-6-15(7-9-17)14(2)28/h6-9,13,16H,3-5,10-12H2,1-2H3,(H,25,29). The van der Waals surface area contributed by atoms with Crippen LogP contribution < -0.4 is 5.32 Å². The van der Waals surface area contributed by atoms with E-state index in [1.54, 1.807) is 24.3 Å². The molecule has 160 valence electrons. The van der Waals surface area contributed by atoms with E-state index in [2.05, 4.69) is 12.2 Å². The molecular weight excluding hydrogens is 426 g/mol. The van der Waals surface area contributed by atoms with Crippen molar-refractivity contribution in [3.05, 3.63) is 46.1 Å². The summed E-state index contributed by atoms with van der Waals surface area (Å²) in [7, 11) is 0. The monoisotopic (exact) mass is 451 g/mol. The van der Waals surface area contributed by atoms with Crippen LogP contribution in [-0.4, -0.2) is 27.4 Å². The Hall–Kier alpha value is -2.25. The molecule has 2 aliphatic rings. The number of aryl methyl sites for hydroxylation is 1. The van der Waals surface area contributed by atoms with E-state index < -0.39 is 0 Å². The van der Waals surface area contributed by atoms with Crippen LogP contribution in [0.5, 0.6) is 0 Å². The fraction of sp³-hybridized carbons (Fsp3) is 0.417. The summed E-state index contributed by atoms with van der Waals surface area (Å²) in [6.45, 7) is 3.85. The summed E-state index contributed by atoms with van der Waals surface area (Å²) in [6, 6.07) is 7.01. The summed E-state index contributed by atoms with van der Waals surface area (Å²) < 4.78 is 0. The number of carbonyl (C=O) groups excluding carboxylic acids is 2. The third-order valence-electron chi connectivity index (χ3n) is 6.00. The highest BCUT2D eigenvalue weighted by atomic mass is 32.2. The maximum atomic E-state index is 12.6. The van der Waals surface area contributed by atoms with Crippen LogP contribution >= 0.6 is 23.1 Å². The molecule has 1 unspecified atom stereocenters. The molecule has 2 aliphatic carbocycles. The van der Waals surface area contributed by atoms with Gasteiger partial charge in [-0.3, -0.25) is 9.59 Å². The summed E-state index contributed by atoms with van der Waals surface area (Å²) in [5, 5.41) is 5.07. The number of amides is 1. The minimum atomic E-state index is -0.0713. The predicted octanol–water partition coefficient (Wildman–Crippen LogP) is 5.63. The highest BCUT2D eigenvalue weighted by molar-refractivity contribution is 8.00. The number of aromatic nitrogens is 2. The van der Waals surface area contributed by atoms with Crippen molar-refractivity contribution in [2.75, 3.05) is 11.1 Å². The van der Waals surface area contributed by atoms with Crippen molar-refractivity contribution in [2.24, 2.45) is 5.92 Å². The molecule has 1 saturated carbocycles. The SMILES string of the molecule is CC(=O)c1ccc(NC(=O)CSc2nc(C3CC3)nc3sc4c(c23)CCC(C)C4)cc1. The van der Waals surface area contributed by atoms with Crippen LogP contribution in [0.2, 0.25) is 0 Å². The Bertz CT molecular complexity index is 1170. The van der Waals surface area contributed by atoms with Crippen LogP contribution in [0, 0.1) is 5.92 Å². The highest BCUT2D eigenvalue weighted by Gasteiger charge is 2.30. The van der Waals surface area contributed by atoms with Crippen LogP contribution in [0.1, 0.15) is 65.7 Å². The van der Waals surface area contributed by atoms with Gasteiger partial charge in [-0.25, -0.2) is 9.97 Å². The molecule has 5 nitrogen and oxygen atoms in total. The number of thiophene rings is 1. The van der Waals surface area contributed by atoms with Crippen LogP contribution in [-0.2, 0) is 17.6 Å². The molecule has 31 heavy (non-hydrogen) atoms. The van der Waals surface area contributed by atoms with Crippen molar-refractivity contribution < 1.29 is 9.59 Å². The first kappa shape index (κ1) is 20.6. The number of anilines is 1. The third-order valence-corrected chi connectivity index (χ3v) is 8.12. The lowest BCUT2D eigenvalue weighted by Gasteiger charge is -2.18. The van der Waals surface area contributed by atoms with Crippen molar-refractivity contribution in [3.63, 3.8) is 0 Å². The zero-order chi connectivity index (χ0) is 21.5. The van der Waals surface area contributed by atoms with Crippen molar-refractivity contribution in [1.82, 2.24) is 9.97 Å². The van der Waals surface area contributed by atoms with Gasteiger partial charge >= 0.3 is 0 Å². The molecule has 3 aromatic rings. The van der Waals surface area contributed by atoms with Crippen LogP contribution in [0.25, 0.3) is 10.2 Å². The third kappa shape index (κ3) is 4.39. The molecule has 0 aliphatic heterocycles. The van der Waals surface area contributed by atoms with Gasteiger partial charge in [0.1, 0.15) is 15.7 Å². The molecule has 1 fully saturated rings. The fourth-order valence-electron chi connectivity index (χ4n) is 4.07. The molecule has 2 heterocycles. The van der Waals surface area contributed by atoms with Gasteiger partial charge in [0.2, 0.25) is 5.91 Å². The molecule has 1 aromatic carbocycles. The topological polar surface area (TPSA) is 72.0 Å². The molecule has 5 rings (SSSR count). The highest BCUT2D eigenvalue weighted by Crippen LogP contribution is 2.44. The second-order valence-electron chi connectivity index (χ2n) is 8.66. The number of benzene rings is 1. The second-order valence-corrected chi connectivity index (χ2v) is 10.7. The molecule has 0 spiro atoms. The molecule has 1 N–H and O–H groups in total. The summed E-state index contributed by atoms with van der Waals surface area (Å²) in [5.41, 5.74) is 2.74. The Morgan fingerprint density at radius 3 is 2.65 bits per heavy atom. The van der Waals surface area contributed by atoms with Crippen molar-refractivity contribution in [1.29, 1.82) is 0 Å². The van der Waals surface area contributed by atoms with Gasteiger partial charge in [0.15, 0.2) is 5.78 Å². The maximum absolute atomic E-state index is 12.6. The second kappa shape index (κ2) is 8.36. The Balaban J connectivity index is 1.36. The van der Waals surface area contributed by atoms with E-state index in [1.807, 2.05) is 11.3 Å². The lowest BCUT2D eigenvalue weighted by Crippen LogP contribution is -2.14. The molecule has 0 saturated heterocycles. The molecule has 0 radical (unpaired) electrons. The first-order valence-corrected chi connectivity index (χ1v) is 12.6. The quantitative estimate of drug-likeness (QED) is 0.299. The molecular formula is C24H25N3O2S2. The number of nitrogens with zero attached hydrogens (tertiary/aromatic N) is 2. The Morgan fingerprint density at radius 1 is 1.16 bits per heavy atom. The van der Waals surface area contributed by atoms with Gasteiger partial charge in [0.25, 0.3) is 0 Å². The zero-order valence-electron chi connectivity index (χ0n) is 17.7. The number of fused-ring (bicyclic) bond motifs is 3. The molecule has 7 heteroatoms. The number of hydrogen-bond acceptors (Lipinski definition) is 6. The lowest BCUT2D eigenvalue weighted by atomic mass is 9.89. The van der Waals surface area contributed by atoms with Crippen molar-refractivity contribution in [2.45, 2.75) is 56.9 Å². The number of ketones is 1. The van der Waals surface area contributed by atoms with E-state index in [-0.39, 0.29) is 11.7 Å². The molecule has 1 atom stereocenters. The average molecular weight is 452 g/mol. The van der Waals surface area contributed by atoms with Crippen LogP contribution in [0.15, 0.2) is 29.3 Å². The summed E-state index contributed by atoms with van der Waals surface area (Å²) in [6.07, 6.45) is 5.72. The van der Waals surface area contributed by atoms with Gasteiger partial charge in [0, 0.05) is 27.4 Å². The smallest absolute Gasteiger partial charge is 0.234 e. The van der Waals surface area contributed by atoms with Gasteiger partial charge in [-0.05, 0) is 74.8 Å². The number of rotatable bonds is 6. The van der Waals surface area contributed by atoms with E-state index in [0.717, 1.165) is 41.4 Å². The number of hydrogen-bond donors (Lipinski definition) is 1. The van der Waals surface area contributed by atoms with E-state index in [1.165, 1.54) is 40.9 Å². The number of thioether (sulfide) groups is 1. The molecule has 2 aromatic heterocycles. The van der Waals surface area contributed by atoms with E-state index in [9.17, 15) is 9.59 Å². The number of Topliss-reactive ketones (excluding diaryl/α,β-unsaturated/α-hetero) is 1. The van der Waals surface area contributed by atoms with E-state index in [4.69, 9.17) is 9.97 Å². The van der Waals surface area contributed by atoms with Gasteiger partial charge in [-0.1, -0.05) is 18.7 Å². The molecule has 1 amide bonds. The van der Waals surface area contributed by atoms with E-state index >= 15 is 0 Å². The Kier molecular flexibility index (Phi) is 5.56.